The summed E-state index contributed by atoms with van der Waals surface area (Å²) in [5, 5.41) is 4.60. The summed E-state index contributed by atoms with van der Waals surface area (Å²) in [5.74, 6) is 1.56. The van der Waals surface area contributed by atoms with E-state index in [1.807, 2.05) is 0 Å². The van der Waals surface area contributed by atoms with Crippen molar-refractivity contribution in [1.29, 1.82) is 0 Å². The van der Waals surface area contributed by atoms with Crippen molar-refractivity contribution < 1.29 is 0 Å². The molecule has 2 nitrogen and oxygen atoms in total. The molecule has 0 amide bonds. The molecule has 1 N–H and O–H groups in total. The van der Waals surface area contributed by atoms with Crippen LogP contribution in [0.2, 0.25) is 0 Å². The van der Waals surface area contributed by atoms with Crippen LogP contribution in [-0.2, 0) is 25.7 Å². The van der Waals surface area contributed by atoms with Crippen molar-refractivity contribution in [2.24, 2.45) is 0 Å². The number of halogens is 4. The highest BCUT2D eigenvalue weighted by Gasteiger charge is 2.32. The lowest BCUT2D eigenvalue weighted by Gasteiger charge is -2.35. The Morgan fingerprint density at radius 3 is 2.09 bits per heavy atom. The minimum absolute atomic E-state index is 0. The van der Waals surface area contributed by atoms with Gasteiger partial charge in [-0.3, -0.25) is 4.90 Å². The SMILES string of the molecule is Cl.ClCCCBr.ClCCCN1CCc2cccc3c2C1CC3.c1cc2c3c(c1)CCC3NCC2. The Morgan fingerprint density at radius 1 is 0.824 bits per heavy atom. The molecule has 2 heterocycles. The number of benzene rings is 2. The van der Waals surface area contributed by atoms with Gasteiger partial charge in [0.25, 0.3) is 0 Å². The van der Waals surface area contributed by atoms with Crippen molar-refractivity contribution in [2.45, 2.75) is 63.5 Å². The lowest BCUT2D eigenvalue weighted by molar-refractivity contribution is 0.186. The first kappa shape index (κ1) is 28.3. The maximum atomic E-state index is 5.80. The van der Waals surface area contributed by atoms with Crippen molar-refractivity contribution in [1.82, 2.24) is 10.2 Å². The van der Waals surface area contributed by atoms with Crippen molar-refractivity contribution in [3.8, 4) is 0 Å². The van der Waals surface area contributed by atoms with Gasteiger partial charge in [0, 0.05) is 35.7 Å². The predicted octanol–water partition coefficient (Wildman–Crippen LogP) is 7.41. The Balaban J connectivity index is 0.000000160. The van der Waals surface area contributed by atoms with Gasteiger partial charge in [-0.05, 0) is 97.8 Å². The summed E-state index contributed by atoms with van der Waals surface area (Å²) in [7, 11) is 0. The zero-order valence-electron chi connectivity index (χ0n) is 20.0. The number of aryl methyl sites for hydroxylation is 2. The average molecular weight is 589 g/mol. The van der Waals surface area contributed by atoms with Crippen LogP contribution in [0.4, 0.5) is 0 Å². The molecule has 0 saturated heterocycles. The Bertz CT molecular complexity index is 905. The van der Waals surface area contributed by atoms with Crippen LogP contribution < -0.4 is 5.32 Å². The summed E-state index contributed by atoms with van der Waals surface area (Å²) >= 11 is 14.3. The highest BCUT2D eigenvalue weighted by Crippen LogP contribution is 2.41. The van der Waals surface area contributed by atoms with E-state index in [4.69, 9.17) is 23.2 Å². The number of nitrogens with one attached hydrogen (secondary N) is 1. The zero-order chi connectivity index (χ0) is 23.0. The molecule has 4 aliphatic rings. The summed E-state index contributed by atoms with van der Waals surface area (Å²) in [6, 6.07) is 15.0. The molecule has 2 unspecified atom stereocenters. The maximum Gasteiger partial charge on any atom is 0.0356 e. The second-order valence-electron chi connectivity index (χ2n) is 9.39. The molecule has 0 spiro atoms. The minimum atomic E-state index is 0. The molecule has 0 radical (unpaired) electrons. The molecule has 6 heteroatoms. The van der Waals surface area contributed by atoms with Crippen LogP contribution in [0.15, 0.2) is 36.4 Å². The lowest BCUT2D eigenvalue weighted by Crippen LogP contribution is -2.35. The molecule has 0 bridgehead atoms. The van der Waals surface area contributed by atoms with Crippen LogP contribution in [0, 0.1) is 0 Å². The number of hydrogen-bond donors (Lipinski definition) is 1. The first-order valence-corrected chi connectivity index (χ1v) is 14.8. The molecule has 6 rings (SSSR count). The van der Waals surface area contributed by atoms with E-state index in [0.29, 0.717) is 12.1 Å². The smallest absolute Gasteiger partial charge is 0.0356 e. The Morgan fingerprint density at radius 2 is 1.44 bits per heavy atom. The largest absolute Gasteiger partial charge is 0.310 e. The van der Waals surface area contributed by atoms with E-state index in [0.717, 1.165) is 29.9 Å². The van der Waals surface area contributed by atoms with E-state index in [2.05, 4.69) is 62.5 Å². The van der Waals surface area contributed by atoms with Crippen molar-refractivity contribution in [2.75, 3.05) is 36.7 Å². The van der Waals surface area contributed by atoms with E-state index in [1.54, 1.807) is 33.4 Å². The Hall–Kier alpha value is -0.290. The van der Waals surface area contributed by atoms with Crippen LogP contribution in [0.3, 0.4) is 0 Å². The van der Waals surface area contributed by atoms with Gasteiger partial charge in [0.05, 0.1) is 0 Å². The van der Waals surface area contributed by atoms with Crippen LogP contribution in [0.25, 0.3) is 0 Å². The van der Waals surface area contributed by atoms with Crippen molar-refractivity contribution in [3.05, 3.63) is 69.8 Å². The second kappa shape index (κ2) is 14.4. The molecular weight excluding hydrogens is 551 g/mol. The van der Waals surface area contributed by atoms with Gasteiger partial charge in [-0.1, -0.05) is 52.3 Å². The minimum Gasteiger partial charge on any atom is -0.310 e. The normalized spacial score (nSPS) is 21.3. The van der Waals surface area contributed by atoms with E-state index >= 15 is 0 Å². The van der Waals surface area contributed by atoms with E-state index < -0.39 is 0 Å². The van der Waals surface area contributed by atoms with Crippen LogP contribution in [-0.4, -0.2) is 41.6 Å². The fourth-order valence-corrected chi connectivity index (χ4v) is 6.77. The van der Waals surface area contributed by atoms with E-state index in [1.165, 1.54) is 58.2 Å². The molecule has 2 aromatic rings. The van der Waals surface area contributed by atoms with Gasteiger partial charge in [0.15, 0.2) is 0 Å². The number of rotatable bonds is 5. The van der Waals surface area contributed by atoms with Gasteiger partial charge in [-0.15, -0.1) is 35.6 Å². The standard InChI is InChI=1S/C14H18ClN.C11H13N.C3H6BrCl.ClH/c15-8-2-9-16-10-7-12-4-1-3-11-5-6-13(16)14(11)12;1-2-8-4-5-10-11(8)9(3-1)6-7-12-10;4-2-1-3-5;/h1,3-4,13H,2,5-10H2;1-3,10,12H,4-7H2;1-3H2;1H. The summed E-state index contributed by atoms with van der Waals surface area (Å²) < 4.78 is 0. The zero-order valence-corrected chi connectivity index (χ0v) is 23.9. The molecule has 2 aliphatic heterocycles. The summed E-state index contributed by atoms with van der Waals surface area (Å²) in [6.45, 7) is 3.56. The summed E-state index contributed by atoms with van der Waals surface area (Å²) in [4.78, 5) is 2.64. The number of nitrogens with zero attached hydrogens (tertiary/aromatic N) is 1. The van der Waals surface area contributed by atoms with Gasteiger partial charge in [0.1, 0.15) is 0 Å². The quantitative estimate of drug-likeness (QED) is 0.366. The first-order valence-electron chi connectivity index (χ1n) is 12.6. The molecule has 2 atom stereocenters. The average Bonchev–Trinajstić information content (AvgIpc) is 3.48. The highest BCUT2D eigenvalue weighted by atomic mass is 79.9. The molecule has 188 valence electrons. The molecule has 2 aromatic carbocycles. The van der Waals surface area contributed by atoms with Crippen LogP contribution in [0.1, 0.15) is 71.1 Å². The van der Waals surface area contributed by atoms with Crippen molar-refractivity contribution in [3.63, 3.8) is 0 Å². The number of hydrogen-bond acceptors (Lipinski definition) is 2. The third kappa shape index (κ3) is 6.72. The predicted molar refractivity (Wildman–Crippen MR) is 154 cm³/mol. The van der Waals surface area contributed by atoms with Crippen LogP contribution >= 0.6 is 51.5 Å². The third-order valence-corrected chi connectivity index (χ3v) is 8.48. The summed E-state index contributed by atoms with van der Waals surface area (Å²) in [6.07, 6.45) is 9.81. The topological polar surface area (TPSA) is 15.3 Å². The molecule has 2 aliphatic carbocycles. The monoisotopic (exact) mass is 586 g/mol. The lowest BCUT2D eigenvalue weighted by atomic mass is 9.93. The molecule has 0 aromatic heterocycles. The fourth-order valence-electron chi connectivity index (χ4n) is 5.91. The molecule has 0 saturated carbocycles. The number of alkyl halides is 3. The molecule has 34 heavy (non-hydrogen) atoms. The van der Waals surface area contributed by atoms with E-state index in [9.17, 15) is 0 Å². The fraction of sp³-hybridized carbons (Fsp3) is 0.571. The van der Waals surface area contributed by atoms with E-state index in [-0.39, 0.29) is 12.4 Å². The Labute approximate surface area is 230 Å². The third-order valence-electron chi connectivity index (χ3n) is 7.39. The van der Waals surface area contributed by atoms with Gasteiger partial charge in [0.2, 0.25) is 0 Å². The van der Waals surface area contributed by atoms with Gasteiger partial charge in [-0.2, -0.15) is 0 Å². The molecule has 0 fully saturated rings. The highest BCUT2D eigenvalue weighted by molar-refractivity contribution is 9.09. The molecular formula is C28H38BrCl3N2. The van der Waals surface area contributed by atoms with Crippen molar-refractivity contribution >= 4 is 51.5 Å². The van der Waals surface area contributed by atoms with Gasteiger partial charge in [-0.25, -0.2) is 0 Å². The second-order valence-corrected chi connectivity index (χ2v) is 10.9. The van der Waals surface area contributed by atoms with Gasteiger partial charge < -0.3 is 5.32 Å². The van der Waals surface area contributed by atoms with Crippen LogP contribution in [0.5, 0.6) is 0 Å². The van der Waals surface area contributed by atoms with Gasteiger partial charge >= 0.3 is 0 Å². The summed E-state index contributed by atoms with van der Waals surface area (Å²) in [5.41, 5.74) is 9.66. The Kier molecular flexibility index (Phi) is 12.0. The first-order chi connectivity index (χ1) is 16.3. The maximum absolute atomic E-state index is 5.80.